The zero-order chi connectivity index (χ0) is 21.0. The first kappa shape index (κ1) is 21.9. The summed E-state index contributed by atoms with van der Waals surface area (Å²) in [5.41, 5.74) is 0.899. The Morgan fingerprint density at radius 3 is 2.11 bits per heavy atom. The summed E-state index contributed by atoms with van der Waals surface area (Å²) in [5, 5.41) is 0. The molecule has 28 heavy (non-hydrogen) atoms. The van der Waals surface area contributed by atoms with Crippen molar-refractivity contribution in [3.05, 3.63) is 17.7 Å². The molecule has 1 heterocycles. The monoisotopic (exact) mass is 392 g/mol. The van der Waals surface area contributed by atoms with Gasteiger partial charge in [0.05, 0.1) is 27.2 Å². The Hall–Kier alpha value is -2.44. The molecule has 0 aromatic heterocycles. The van der Waals surface area contributed by atoms with E-state index in [9.17, 15) is 9.59 Å². The highest BCUT2D eigenvalue weighted by atomic mass is 16.5. The molecule has 0 bridgehead atoms. The Morgan fingerprint density at radius 2 is 1.68 bits per heavy atom. The van der Waals surface area contributed by atoms with Crippen molar-refractivity contribution in [1.29, 1.82) is 0 Å². The minimum Gasteiger partial charge on any atom is -0.493 e. The molecule has 2 unspecified atom stereocenters. The van der Waals surface area contributed by atoms with Crippen LogP contribution in [0.15, 0.2) is 12.1 Å². The van der Waals surface area contributed by atoms with Crippen LogP contribution in [0.2, 0.25) is 0 Å². The average Bonchev–Trinajstić information content (AvgIpc) is 3.15. The SMILES string of the molecule is CCN(C)C(=O)C1CN(C(=O)C(C)C)CC1c1cc(OC)c(OC)c(OC)c1. The number of nitrogens with zero attached hydrogens (tertiary/aromatic N) is 2. The molecule has 1 aromatic carbocycles. The summed E-state index contributed by atoms with van der Waals surface area (Å²) in [7, 11) is 6.48. The Labute approximate surface area is 167 Å². The van der Waals surface area contributed by atoms with Crippen LogP contribution in [0.3, 0.4) is 0 Å². The highest BCUT2D eigenvalue weighted by Crippen LogP contribution is 2.43. The predicted molar refractivity (Wildman–Crippen MR) is 107 cm³/mol. The molecule has 1 saturated heterocycles. The average molecular weight is 392 g/mol. The Kier molecular flexibility index (Phi) is 7.16. The maximum Gasteiger partial charge on any atom is 0.227 e. The van der Waals surface area contributed by atoms with Crippen molar-refractivity contribution in [2.24, 2.45) is 11.8 Å². The summed E-state index contributed by atoms with van der Waals surface area (Å²) in [6.07, 6.45) is 0. The molecule has 0 saturated carbocycles. The van der Waals surface area contributed by atoms with Crippen LogP contribution in [0.1, 0.15) is 32.3 Å². The fourth-order valence-corrected chi connectivity index (χ4v) is 3.69. The van der Waals surface area contributed by atoms with Crippen LogP contribution < -0.4 is 14.2 Å². The molecule has 7 heteroatoms. The van der Waals surface area contributed by atoms with Crippen molar-refractivity contribution in [3.63, 3.8) is 0 Å². The lowest BCUT2D eigenvalue weighted by molar-refractivity contribution is -0.135. The molecule has 0 radical (unpaired) electrons. The smallest absolute Gasteiger partial charge is 0.227 e. The van der Waals surface area contributed by atoms with Gasteiger partial charge in [-0.25, -0.2) is 0 Å². The van der Waals surface area contributed by atoms with E-state index < -0.39 is 0 Å². The number of carbonyl (C=O) groups is 2. The van der Waals surface area contributed by atoms with E-state index in [1.54, 1.807) is 38.2 Å². The van der Waals surface area contributed by atoms with Gasteiger partial charge in [-0.3, -0.25) is 9.59 Å². The fraction of sp³-hybridized carbons (Fsp3) is 0.619. The molecule has 7 nitrogen and oxygen atoms in total. The first-order valence-corrected chi connectivity index (χ1v) is 9.62. The molecule has 1 aliphatic rings. The number of methoxy groups -OCH3 is 3. The number of amides is 2. The van der Waals surface area contributed by atoms with E-state index in [1.165, 1.54) is 0 Å². The third-order valence-corrected chi connectivity index (χ3v) is 5.41. The van der Waals surface area contributed by atoms with Gasteiger partial charge in [-0.1, -0.05) is 13.8 Å². The first-order valence-electron chi connectivity index (χ1n) is 9.62. The van der Waals surface area contributed by atoms with Crippen molar-refractivity contribution in [1.82, 2.24) is 9.80 Å². The van der Waals surface area contributed by atoms with E-state index in [0.717, 1.165) is 5.56 Å². The van der Waals surface area contributed by atoms with Crippen LogP contribution in [0.4, 0.5) is 0 Å². The molecular weight excluding hydrogens is 360 g/mol. The largest absolute Gasteiger partial charge is 0.493 e. The minimum absolute atomic E-state index is 0.0420. The number of ether oxygens (including phenoxy) is 3. The second-order valence-electron chi connectivity index (χ2n) is 7.42. The molecule has 0 aliphatic carbocycles. The summed E-state index contributed by atoms with van der Waals surface area (Å²) in [6, 6.07) is 3.75. The predicted octanol–water partition coefficient (Wildman–Crippen LogP) is 2.39. The zero-order valence-corrected chi connectivity index (χ0v) is 17.9. The van der Waals surface area contributed by atoms with Crippen LogP contribution in [-0.2, 0) is 9.59 Å². The molecule has 1 aliphatic heterocycles. The van der Waals surface area contributed by atoms with Gasteiger partial charge in [-0.15, -0.1) is 0 Å². The molecule has 2 atom stereocenters. The lowest BCUT2D eigenvalue weighted by Gasteiger charge is -2.24. The van der Waals surface area contributed by atoms with Gasteiger partial charge in [0, 0.05) is 38.5 Å². The molecule has 2 rings (SSSR count). The van der Waals surface area contributed by atoms with Gasteiger partial charge in [0.15, 0.2) is 11.5 Å². The third kappa shape index (κ3) is 4.18. The summed E-state index contributed by atoms with van der Waals surface area (Å²) in [4.78, 5) is 29.1. The second-order valence-corrected chi connectivity index (χ2v) is 7.42. The van der Waals surface area contributed by atoms with Crippen LogP contribution in [0.5, 0.6) is 17.2 Å². The molecule has 1 fully saturated rings. The molecule has 0 spiro atoms. The first-order chi connectivity index (χ1) is 13.3. The van der Waals surface area contributed by atoms with Crippen LogP contribution in [0, 0.1) is 11.8 Å². The topological polar surface area (TPSA) is 68.3 Å². The second kappa shape index (κ2) is 9.17. The van der Waals surface area contributed by atoms with Gasteiger partial charge in [0.1, 0.15) is 0 Å². The van der Waals surface area contributed by atoms with E-state index in [-0.39, 0.29) is 29.6 Å². The molecule has 0 N–H and O–H groups in total. The summed E-state index contributed by atoms with van der Waals surface area (Å²) < 4.78 is 16.4. The quantitative estimate of drug-likeness (QED) is 0.713. The summed E-state index contributed by atoms with van der Waals surface area (Å²) in [5.74, 6) is 1.13. The zero-order valence-electron chi connectivity index (χ0n) is 17.9. The Bertz CT molecular complexity index is 694. The maximum atomic E-state index is 13.0. The number of hydrogen-bond donors (Lipinski definition) is 0. The molecule has 2 amide bonds. The van der Waals surface area contributed by atoms with Gasteiger partial charge in [-0.05, 0) is 24.6 Å². The number of benzene rings is 1. The van der Waals surface area contributed by atoms with Gasteiger partial charge < -0.3 is 24.0 Å². The minimum atomic E-state index is -0.310. The van der Waals surface area contributed by atoms with Crippen molar-refractivity contribution in [3.8, 4) is 17.2 Å². The van der Waals surface area contributed by atoms with E-state index in [0.29, 0.717) is 36.9 Å². The third-order valence-electron chi connectivity index (χ3n) is 5.41. The van der Waals surface area contributed by atoms with Crippen molar-refractivity contribution >= 4 is 11.8 Å². The van der Waals surface area contributed by atoms with Crippen LogP contribution >= 0.6 is 0 Å². The number of hydrogen-bond acceptors (Lipinski definition) is 5. The molecular formula is C21H32N2O5. The fourth-order valence-electron chi connectivity index (χ4n) is 3.69. The van der Waals surface area contributed by atoms with E-state index in [2.05, 4.69) is 0 Å². The highest BCUT2D eigenvalue weighted by molar-refractivity contribution is 5.84. The van der Waals surface area contributed by atoms with E-state index >= 15 is 0 Å². The lowest BCUT2D eigenvalue weighted by Crippen LogP contribution is -2.37. The van der Waals surface area contributed by atoms with Crippen LogP contribution in [-0.4, -0.2) is 69.6 Å². The molecule has 1 aromatic rings. The summed E-state index contributed by atoms with van der Waals surface area (Å²) in [6.45, 7) is 7.23. The Morgan fingerprint density at radius 1 is 1.11 bits per heavy atom. The standard InChI is InChI=1S/C21H32N2O5/c1-8-22(4)21(25)16-12-23(20(24)13(2)3)11-15(16)14-9-17(26-5)19(28-7)18(10-14)27-6/h9-10,13,15-16H,8,11-12H2,1-7H3. The van der Waals surface area contributed by atoms with E-state index in [1.807, 2.05) is 32.9 Å². The molecule has 156 valence electrons. The van der Waals surface area contributed by atoms with E-state index in [4.69, 9.17) is 14.2 Å². The van der Waals surface area contributed by atoms with Gasteiger partial charge in [-0.2, -0.15) is 0 Å². The Balaban J connectivity index is 2.49. The normalized spacial score (nSPS) is 18.9. The number of rotatable bonds is 7. The number of likely N-dealkylation sites (tertiary alicyclic amines) is 1. The maximum absolute atomic E-state index is 13.0. The van der Waals surface area contributed by atoms with Crippen molar-refractivity contribution in [2.75, 3.05) is 48.0 Å². The lowest BCUT2D eigenvalue weighted by atomic mass is 9.87. The van der Waals surface area contributed by atoms with Crippen molar-refractivity contribution < 1.29 is 23.8 Å². The van der Waals surface area contributed by atoms with Gasteiger partial charge >= 0.3 is 0 Å². The van der Waals surface area contributed by atoms with Crippen LogP contribution in [0.25, 0.3) is 0 Å². The van der Waals surface area contributed by atoms with Crippen molar-refractivity contribution in [2.45, 2.75) is 26.7 Å². The number of carbonyl (C=O) groups excluding carboxylic acids is 2. The van der Waals surface area contributed by atoms with Gasteiger partial charge in [0.2, 0.25) is 17.6 Å². The van der Waals surface area contributed by atoms with Gasteiger partial charge in [0.25, 0.3) is 0 Å². The highest BCUT2D eigenvalue weighted by Gasteiger charge is 2.42. The summed E-state index contributed by atoms with van der Waals surface area (Å²) >= 11 is 0.